The number of nitrogens with zero attached hydrogens (tertiary/aromatic N) is 2. The second-order valence-corrected chi connectivity index (χ2v) is 7.01. The van der Waals surface area contributed by atoms with E-state index in [-0.39, 0.29) is 6.79 Å². The molecule has 2 heterocycles. The number of carbonyl (C=O) groups is 2. The monoisotopic (exact) mass is 427 g/mol. The van der Waals surface area contributed by atoms with Crippen molar-refractivity contribution < 1.29 is 23.8 Å². The molecule has 1 aliphatic heterocycles. The molecule has 0 aliphatic carbocycles. The van der Waals surface area contributed by atoms with E-state index in [0.29, 0.717) is 27.8 Å². The molecule has 1 N–H and O–H groups in total. The second-order valence-electron chi connectivity index (χ2n) is 6.64. The number of esters is 1. The smallest absolute Gasteiger partial charge is 0.338 e. The summed E-state index contributed by atoms with van der Waals surface area (Å²) in [6, 6.07) is 11.7. The zero-order chi connectivity index (χ0) is 21.3. The Hall–Kier alpha value is -3.52. The quantitative estimate of drug-likeness (QED) is 0.625. The Morgan fingerprint density at radius 1 is 1.13 bits per heavy atom. The summed E-state index contributed by atoms with van der Waals surface area (Å²) in [5, 5.41) is 7.63. The van der Waals surface area contributed by atoms with Crippen molar-refractivity contribution >= 4 is 29.2 Å². The third kappa shape index (κ3) is 3.95. The summed E-state index contributed by atoms with van der Waals surface area (Å²) in [4.78, 5) is 24.3. The van der Waals surface area contributed by atoms with Gasteiger partial charge < -0.3 is 19.5 Å². The highest BCUT2D eigenvalue weighted by molar-refractivity contribution is 6.31. The number of amides is 1. The fraction of sp³-hybridized carbons (Fsp3) is 0.190. The Morgan fingerprint density at radius 3 is 2.57 bits per heavy atom. The molecule has 4 rings (SSSR count). The Balaban J connectivity index is 1.34. The molecule has 0 spiro atoms. The maximum atomic E-state index is 12.2. The lowest BCUT2D eigenvalue weighted by Gasteiger charge is -2.08. The molecule has 0 fully saturated rings. The van der Waals surface area contributed by atoms with Crippen LogP contribution in [0.1, 0.15) is 21.7 Å². The second kappa shape index (κ2) is 8.08. The molecule has 0 bridgehead atoms. The standard InChI is InChI=1S/C21H18ClN3O5/c1-12-20(22)13(2)25(24-12)16-6-3-14(4-7-16)21(27)28-10-19(26)23-15-5-8-17-18(9-15)30-11-29-17/h3-9H,10-11H2,1-2H3,(H,23,26). The van der Waals surface area contributed by atoms with Crippen molar-refractivity contribution in [3.8, 4) is 17.2 Å². The molecule has 3 aromatic rings. The maximum absolute atomic E-state index is 12.2. The van der Waals surface area contributed by atoms with E-state index in [0.717, 1.165) is 17.1 Å². The van der Waals surface area contributed by atoms with E-state index in [4.69, 9.17) is 25.8 Å². The topological polar surface area (TPSA) is 91.7 Å². The van der Waals surface area contributed by atoms with Gasteiger partial charge in [0.1, 0.15) is 0 Å². The minimum absolute atomic E-state index is 0.149. The number of ether oxygens (including phenoxy) is 3. The molecule has 1 amide bonds. The lowest BCUT2D eigenvalue weighted by molar-refractivity contribution is -0.119. The first-order valence-electron chi connectivity index (χ1n) is 9.11. The van der Waals surface area contributed by atoms with Gasteiger partial charge in [-0.15, -0.1) is 0 Å². The van der Waals surface area contributed by atoms with Gasteiger partial charge in [0.25, 0.3) is 5.91 Å². The van der Waals surface area contributed by atoms with Crippen LogP contribution in [0.15, 0.2) is 42.5 Å². The number of halogens is 1. The molecule has 0 unspecified atom stereocenters. The van der Waals surface area contributed by atoms with Crippen molar-refractivity contribution in [3.05, 3.63) is 64.4 Å². The van der Waals surface area contributed by atoms with Gasteiger partial charge in [0.2, 0.25) is 6.79 Å². The van der Waals surface area contributed by atoms with Crippen LogP contribution in [0.25, 0.3) is 5.69 Å². The molecule has 0 atom stereocenters. The number of rotatable bonds is 5. The number of anilines is 1. The molecule has 0 saturated heterocycles. The van der Waals surface area contributed by atoms with Crippen molar-refractivity contribution in [1.82, 2.24) is 9.78 Å². The Bertz CT molecular complexity index is 1120. The van der Waals surface area contributed by atoms with Gasteiger partial charge in [0.05, 0.1) is 27.7 Å². The fourth-order valence-corrected chi connectivity index (χ4v) is 3.12. The van der Waals surface area contributed by atoms with Gasteiger partial charge in [-0.05, 0) is 50.2 Å². The van der Waals surface area contributed by atoms with Crippen molar-refractivity contribution in [3.63, 3.8) is 0 Å². The third-order valence-electron chi connectivity index (χ3n) is 4.54. The molecule has 154 valence electrons. The first-order chi connectivity index (χ1) is 14.4. The molecular formula is C21H18ClN3O5. The van der Waals surface area contributed by atoms with E-state index in [9.17, 15) is 9.59 Å². The first kappa shape index (κ1) is 19.8. The van der Waals surface area contributed by atoms with E-state index >= 15 is 0 Å². The summed E-state index contributed by atoms with van der Waals surface area (Å²) in [5.74, 6) is 0.101. The predicted octanol–water partition coefficient (Wildman–Crippen LogP) is 3.67. The molecule has 30 heavy (non-hydrogen) atoms. The van der Waals surface area contributed by atoms with Crippen LogP contribution >= 0.6 is 11.6 Å². The molecule has 0 saturated carbocycles. The highest BCUT2D eigenvalue weighted by Crippen LogP contribution is 2.34. The minimum Gasteiger partial charge on any atom is -0.454 e. The zero-order valence-corrected chi connectivity index (χ0v) is 17.0. The number of hydrogen-bond donors (Lipinski definition) is 1. The molecule has 8 nitrogen and oxygen atoms in total. The molecule has 0 radical (unpaired) electrons. The summed E-state index contributed by atoms with van der Waals surface area (Å²) in [6.45, 7) is 3.42. The van der Waals surface area contributed by atoms with Crippen LogP contribution in [0, 0.1) is 13.8 Å². The normalized spacial score (nSPS) is 12.0. The van der Waals surface area contributed by atoms with E-state index in [2.05, 4.69) is 10.4 Å². The number of fused-ring (bicyclic) bond motifs is 1. The predicted molar refractivity (Wildman–Crippen MR) is 110 cm³/mol. The van der Waals surface area contributed by atoms with Crippen molar-refractivity contribution in [2.45, 2.75) is 13.8 Å². The van der Waals surface area contributed by atoms with Crippen molar-refractivity contribution in [2.24, 2.45) is 0 Å². The Kier molecular flexibility index (Phi) is 5.33. The fourth-order valence-electron chi connectivity index (χ4n) is 3.00. The average molecular weight is 428 g/mol. The van der Waals surface area contributed by atoms with E-state index < -0.39 is 18.5 Å². The van der Waals surface area contributed by atoms with Gasteiger partial charge in [-0.3, -0.25) is 4.79 Å². The maximum Gasteiger partial charge on any atom is 0.338 e. The lowest BCUT2D eigenvalue weighted by Crippen LogP contribution is -2.20. The SMILES string of the molecule is Cc1nn(-c2ccc(C(=O)OCC(=O)Nc3ccc4c(c3)OCO4)cc2)c(C)c1Cl. The molecular weight excluding hydrogens is 410 g/mol. The highest BCUT2D eigenvalue weighted by atomic mass is 35.5. The summed E-state index contributed by atoms with van der Waals surface area (Å²) in [5.41, 5.74) is 3.14. The van der Waals surface area contributed by atoms with Crippen LogP contribution in [0.5, 0.6) is 11.5 Å². The van der Waals surface area contributed by atoms with Crippen LogP contribution in [0.2, 0.25) is 5.02 Å². The largest absolute Gasteiger partial charge is 0.454 e. The van der Waals surface area contributed by atoms with Gasteiger partial charge in [-0.1, -0.05) is 11.6 Å². The van der Waals surface area contributed by atoms with Crippen LogP contribution in [0.4, 0.5) is 5.69 Å². The summed E-state index contributed by atoms with van der Waals surface area (Å²) >= 11 is 6.18. The highest BCUT2D eigenvalue weighted by Gasteiger charge is 2.16. The van der Waals surface area contributed by atoms with Crippen LogP contribution in [0.3, 0.4) is 0 Å². The van der Waals surface area contributed by atoms with Gasteiger partial charge in [0, 0.05) is 11.8 Å². The van der Waals surface area contributed by atoms with Crippen LogP contribution in [-0.2, 0) is 9.53 Å². The summed E-state index contributed by atoms with van der Waals surface area (Å²) in [7, 11) is 0. The molecule has 9 heteroatoms. The van der Waals surface area contributed by atoms with Gasteiger partial charge in [0.15, 0.2) is 18.1 Å². The van der Waals surface area contributed by atoms with E-state index in [1.165, 1.54) is 0 Å². The third-order valence-corrected chi connectivity index (χ3v) is 5.09. The summed E-state index contributed by atoms with van der Waals surface area (Å²) < 4.78 is 17.3. The Morgan fingerprint density at radius 2 is 1.87 bits per heavy atom. The van der Waals surface area contributed by atoms with Gasteiger partial charge in [-0.25, -0.2) is 9.48 Å². The Labute approximate surface area is 177 Å². The van der Waals surface area contributed by atoms with Crippen molar-refractivity contribution in [1.29, 1.82) is 0 Å². The summed E-state index contributed by atoms with van der Waals surface area (Å²) in [6.07, 6.45) is 0. The van der Waals surface area contributed by atoms with Crippen molar-refractivity contribution in [2.75, 3.05) is 18.7 Å². The molecule has 1 aliphatic rings. The minimum atomic E-state index is -0.603. The van der Waals surface area contributed by atoms with Crippen LogP contribution in [-0.4, -0.2) is 35.1 Å². The number of hydrogen-bond acceptors (Lipinski definition) is 6. The number of nitrogens with one attached hydrogen (secondary N) is 1. The van der Waals surface area contributed by atoms with Gasteiger partial charge in [-0.2, -0.15) is 5.10 Å². The average Bonchev–Trinajstić information content (AvgIpc) is 3.32. The number of carbonyl (C=O) groups excluding carboxylic acids is 2. The molecule has 1 aromatic heterocycles. The van der Waals surface area contributed by atoms with Crippen LogP contribution < -0.4 is 14.8 Å². The number of aryl methyl sites for hydroxylation is 1. The zero-order valence-electron chi connectivity index (χ0n) is 16.3. The first-order valence-corrected chi connectivity index (χ1v) is 9.49. The number of benzene rings is 2. The van der Waals surface area contributed by atoms with E-state index in [1.807, 2.05) is 13.8 Å². The van der Waals surface area contributed by atoms with Gasteiger partial charge >= 0.3 is 5.97 Å². The number of aromatic nitrogens is 2. The lowest BCUT2D eigenvalue weighted by atomic mass is 10.2. The van der Waals surface area contributed by atoms with E-state index in [1.54, 1.807) is 47.1 Å². The molecule has 2 aromatic carbocycles.